The van der Waals surface area contributed by atoms with Crippen molar-refractivity contribution < 1.29 is 0 Å². The first kappa shape index (κ1) is 21.4. The van der Waals surface area contributed by atoms with Crippen LogP contribution in [0, 0.1) is 17.8 Å². The Kier molecular flexibility index (Phi) is 8.91. The Hall–Kier alpha value is 0.0800. The minimum Gasteiger partial charge on any atom is -0.307 e. The molecule has 144 valence electrons. The average molecular weight is 384 g/mol. The molecule has 0 amide bonds. The van der Waals surface area contributed by atoms with Gasteiger partial charge in [-0.1, -0.05) is 50.6 Å². The van der Waals surface area contributed by atoms with Crippen molar-refractivity contribution in [2.45, 2.75) is 84.6 Å². The Morgan fingerprint density at radius 1 is 1.20 bits per heavy atom. The number of nitrogens with one attached hydrogen (secondary N) is 1. The van der Waals surface area contributed by atoms with Gasteiger partial charge in [0, 0.05) is 17.0 Å². The monoisotopic (exact) mass is 383 g/mol. The predicted octanol–water partition coefficient (Wildman–Crippen LogP) is 7.13. The second-order valence-corrected chi connectivity index (χ2v) is 10.2. The molecule has 1 N–H and O–H groups in total. The van der Waals surface area contributed by atoms with Gasteiger partial charge < -0.3 is 5.32 Å². The lowest BCUT2D eigenvalue weighted by Gasteiger charge is -2.48. The maximum absolute atomic E-state index is 6.17. The quantitative estimate of drug-likeness (QED) is 0.335. The van der Waals surface area contributed by atoms with E-state index in [-0.39, 0.29) is 0 Å². The van der Waals surface area contributed by atoms with E-state index in [4.69, 9.17) is 11.6 Å². The molecule has 2 aliphatic carbocycles. The fourth-order valence-corrected chi connectivity index (χ4v) is 6.12. The van der Waals surface area contributed by atoms with E-state index >= 15 is 0 Å². The maximum atomic E-state index is 6.17. The van der Waals surface area contributed by atoms with E-state index in [1.807, 2.05) is 11.8 Å². The summed E-state index contributed by atoms with van der Waals surface area (Å²) in [5.41, 5.74) is 0.315. The van der Waals surface area contributed by atoms with Crippen LogP contribution in [0.15, 0.2) is 22.0 Å². The summed E-state index contributed by atoms with van der Waals surface area (Å²) in [7, 11) is 0. The van der Waals surface area contributed by atoms with Gasteiger partial charge >= 0.3 is 0 Å². The van der Waals surface area contributed by atoms with Crippen LogP contribution in [0.3, 0.4) is 0 Å². The van der Waals surface area contributed by atoms with Gasteiger partial charge in [0.1, 0.15) is 0 Å². The predicted molar refractivity (Wildman–Crippen MR) is 115 cm³/mol. The summed E-state index contributed by atoms with van der Waals surface area (Å²) in [5.74, 6) is 3.45. The Bertz CT molecular complexity index is 453. The summed E-state index contributed by atoms with van der Waals surface area (Å²) < 4.78 is 0. The van der Waals surface area contributed by atoms with E-state index in [2.05, 4.69) is 45.2 Å². The van der Waals surface area contributed by atoms with E-state index in [9.17, 15) is 0 Å². The van der Waals surface area contributed by atoms with Crippen LogP contribution in [0.2, 0.25) is 0 Å². The standard InChI is InChI=1S/C22H38ClNS/c1-5-7-8-9-21(15-23)25-20(6-2)16-24-22(4)13-18-10-17(3)11-19(12-18)14-22/h6,9,17-19,24H,5,7-8,10-16H2,1-4H3. The molecule has 1 nitrogen and oxygen atoms in total. The van der Waals surface area contributed by atoms with Crippen molar-refractivity contribution in [2.75, 3.05) is 12.4 Å². The summed E-state index contributed by atoms with van der Waals surface area (Å²) in [6.45, 7) is 10.3. The molecule has 0 saturated heterocycles. The van der Waals surface area contributed by atoms with Crippen LogP contribution in [0.25, 0.3) is 0 Å². The van der Waals surface area contributed by atoms with E-state index in [1.165, 1.54) is 54.8 Å². The van der Waals surface area contributed by atoms with Gasteiger partial charge in [-0.2, -0.15) is 0 Å². The zero-order valence-electron chi connectivity index (χ0n) is 16.7. The summed E-state index contributed by atoms with van der Waals surface area (Å²) >= 11 is 8.04. The van der Waals surface area contributed by atoms with Gasteiger partial charge in [0.2, 0.25) is 0 Å². The van der Waals surface area contributed by atoms with E-state index in [0.29, 0.717) is 11.4 Å². The normalized spacial score (nSPS) is 33.6. The fourth-order valence-electron chi connectivity index (χ4n) is 4.99. The van der Waals surface area contributed by atoms with E-state index < -0.39 is 0 Å². The minimum absolute atomic E-state index is 0.315. The van der Waals surface area contributed by atoms with Crippen molar-refractivity contribution in [3.63, 3.8) is 0 Å². The number of fused-ring (bicyclic) bond motifs is 2. The molecule has 0 heterocycles. The van der Waals surface area contributed by atoms with Gasteiger partial charge in [0.05, 0.1) is 5.88 Å². The van der Waals surface area contributed by atoms with Gasteiger partial charge in [-0.25, -0.2) is 0 Å². The summed E-state index contributed by atoms with van der Waals surface area (Å²) in [4.78, 5) is 2.72. The molecule has 0 aromatic carbocycles. The number of alkyl halides is 1. The van der Waals surface area contributed by atoms with Crippen LogP contribution in [0.5, 0.6) is 0 Å². The molecule has 0 spiro atoms. The molecule has 25 heavy (non-hydrogen) atoms. The van der Waals surface area contributed by atoms with Crippen LogP contribution in [-0.4, -0.2) is 18.0 Å². The third-order valence-electron chi connectivity index (χ3n) is 5.95. The molecule has 0 aromatic rings. The number of allylic oxidation sites excluding steroid dienone is 3. The smallest absolute Gasteiger partial charge is 0.0534 e. The summed E-state index contributed by atoms with van der Waals surface area (Å²) in [5, 5.41) is 3.93. The zero-order valence-corrected chi connectivity index (χ0v) is 18.3. The molecule has 0 radical (unpaired) electrons. The van der Waals surface area contributed by atoms with Crippen molar-refractivity contribution in [3.8, 4) is 0 Å². The van der Waals surface area contributed by atoms with Crippen molar-refractivity contribution >= 4 is 23.4 Å². The highest BCUT2D eigenvalue weighted by Crippen LogP contribution is 2.46. The third-order valence-corrected chi connectivity index (χ3v) is 7.61. The number of hydrogen-bond acceptors (Lipinski definition) is 2. The van der Waals surface area contributed by atoms with Crippen LogP contribution in [0.4, 0.5) is 0 Å². The highest BCUT2D eigenvalue weighted by atomic mass is 35.5. The first-order valence-electron chi connectivity index (χ1n) is 10.3. The molecule has 2 aliphatic rings. The van der Waals surface area contributed by atoms with Crippen LogP contribution in [0.1, 0.15) is 79.1 Å². The van der Waals surface area contributed by atoms with Gasteiger partial charge in [-0.05, 0) is 75.0 Å². The average Bonchev–Trinajstić information content (AvgIpc) is 2.55. The molecular formula is C22H38ClNS. The van der Waals surface area contributed by atoms with Crippen LogP contribution < -0.4 is 5.32 Å². The summed E-state index contributed by atoms with van der Waals surface area (Å²) in [6, 6.07) is 0. The van der Waals surface area contributed by atoms with Crippen molar-refractivity contribution in [2.24, 2.45) is 17.8 Å². The molecular weight excluding hydrogens is 346 g/mol. The number of thioether (sulfide) groups is 1. The number of rotatable bonds is 9. The van der Waals surface area contributed by atoms with Crippen LogP contribution >= 0.6 is 23.4 Å². The molecule has 2 bridgehead atoms. The highest BCUT2D eigenvalue weighted by molar-refractivity contribution is 8.06. The maximum Gasteiger partial charge on any atom is 0.0534 e. The van der Waals surface area contributed by atoms with Gasteiger partial charge in [0.25, 0.3) is 0 Å². The second kappa shape index (κ2) is 10.4. The third kappa shape index (κ3) is 6.96. The largest absolute Gasteiger partial charge is 0.307 e. The second-order valence-electron chi connectivity index (χ2n) is 8.67. The molecule has 3 heteroatoms. The topological polar surface area (TPSA) is 12.0 Å². The lowest BCUT2D eigenvalue weighted by Crippen LogP contribution is -2.50. The fraction of sp³-hybridized carbons (Fsp3) is 0.818. The Labute approximate surface area is 165 Å². The highest BCUT2D eigenvalue weighted by Gasteiger charge is 2.40. The Morgan fingerprint density at radius 2 is 1.88 bits per heavy atom. The Balaban J connectivity index is 1.86. The SMILES string of the molecule is CC=C(CNC1(C)CC2CC(C)CC(C2)C1)SC(=CCCCC)CCl. The minimum atomic E-state index is 0.315. The van der Waals surface area contributed by atoms with E-state index in [1.54, 1.807) is 0 Å². The Morgan fingerprint density at radius 3 is 2.44 bits per heavy atom. The zero-order chi connectivity index (χ0) is 18.3. The number of unbranched alkanes of at least 4 members (excludes halogenated alkanes) is 2. The first-order valence-corrected chi connectivity index (χ1v) is 11.7. The lowest BCUT2D eigenvalue weighted by molar-refractivity contribution is 0.0756. The van der Waals surface area contributed by atoms with Gasteiger partial charge in [0.15, 0.2) is 0 Å². The summed E-state index contributed by atoms with van der Waals surface area (Å²) in [6.07, 6.45) is 15.3. The first-order chi connectivity index (χ1) is 12.0. The van der Waals surface area contributed by atoms with Gasteiger partial charge in [-0.15, -0.1) is 11.6 Å². The van der Waals surface area contributed by atoms with Crippen LogP contribution in [-0.2, 0) is 0 Å². The molecule has 0 aromatic heterocycles. The molecule has 2 fully saturated rings. The number of hydrogen-bond donors (Lipinski definition) is 1. The van der Waals surface area contributed by atoms with Gasteiger partial charge in [-0.3, -0.25) is 0 Å². The molecule has 2 atom stereocenters. The molecule has 0 aliphatic heterocycles. The van der Waals surface area contributed by atoms with Crippen molar-refractivity contribution in [3.05, 3.63) is 22.0 Å². The van der Waals surface area contributed by atoms with Crippen molar-refractivity contribution in [1.82, 2.24) is 5.32 Å². The lowest BCUT2D eigenvalue weighted by atomic mass is 9.62. The van der Waals surface area contributed by atoms with E-state index in [0.717, 1.165) is 30.7 Å². The molecule has 2 unspecified atom stereocenters. The molecule has 2 saturated carbocycles. The molecule has 2 rings (SSSR count). The number of halogens is 1. The van der Waals surface area contributed by atoms with Crippen molar-refractivity contribution in [1.29, 1.82) is 0 Å².